The molecule has 1 N–H and O–H groups in total. The average molecular weight is 381 g/mol. The third-order valence-electron chi connectivity index (χ3n) is 4.12. The first-order valence-electron chi connectivity index (χ1n) is 8.24. The fraction of sp³-hybridized carbons (Fsp3) is 0.105. The maximum absolute atomic E-state index is 12.2. The summed E-state index contributed by atoms with van der Waals surface area (Å²) in [5.41, 5.74) is -0.326. The highest BCUT2D eigenvalue weighted by atomic mass is 16.6. The number of fused-ring (bicyclic) bond motifs is 1. The van der Waals surface area contributed by atoms with Gasteiger partial charge in [-0.25, -0.2) is 4.79 Å². The summed E-state index contributed by atoms with van der Waals surface area (Å²) in [4.78, 5) is 32.6. The largest absolute Gasteiger partial charge is 0.441 e. The first kappa shape index (κ1) is 18.8. The zero-order valence-corrected chi connectivity index (χ0v) is 14.7. The topological polar surface area (TPSA) is 125 Å². The van der Waals surface area contributed by atoms with Crippen LogP contribution in [0.3, 0.4) is 0 Å². The van der Waals surface area contributed by atoms with Crippen molar-refractivity contribution in [3.8, 4) is 0 Å². The van der Waals surface area contributed by atoms with E-state index in [1.54, 1.807) is 6.92 Å². The summed E-state index contributed by atoms with van der Waals surface area (Å²) in [7, 11) is 0. The number of nitrogens with one attached hydrogen (secondary N) is 1. The van der Waals surface area contributed by atoms with Crippen molar-refractivity contribution in [2.75, 3.05) is 5.32 Å². The van der Waals surface area contributed by atoms with Crippen LogP contribution in [0.1, 0.15) is 18.6 Å². The van der Waals surface area contributed by atoms with Crippen molar-refractivity contribution in [2.45, 2.75) is 13.0 Å². The van der Waals surface area contributed by atoms with Gasteiger partial charge >= 0.3 is 6.09 Å². The molecular weight excluding hydrogens is 366 g/mol. The van der Waals surface area contributed by atoms with Crippen molar-refractivity contribution < 1.29 is 19.4 Å². The Balaban J connectivity index is 1.80. The van der Waals surface area contributed by atoms with Crippen LogP contribution in [-0.4, -0.2) is 15.9 Å². The van der Waals surface area contributed by atoms with E-state index in [1.807, 2.05) is 42.5 Å². The molecule has 0 saturated carbocycles. The fourth-order valence-corrected chi connectivity index (χ4v) is 2.85. The van der Waals surface area contributed by atoms with E-state index in [1.165, 1.54) is 0 Å². The molecule has 0 fully saturated rings. The van der Waals surface area contributed by atoms with Gasteiger partial charge in [-0.2, -0.15) is 0 Å². The molecule has 9 heteroatoms. The Morgan fingerprint density at radius 3 is 2.21 bits per heavy atom. The van der Waals surface area contributed by atoms with Gasteiger partial charge in [-0.15, -0.1) is 0 Å². The highest BCUT2D eigenvalue weighted by Crippen LogP contribution is 2.28. The van der Waals surface area contributed by atoms with Gasteiger partial charge in [-0.05, 0) is 17.7 Å². The monoisotopic (exact) mass is 381 g/mol. The lowest BCUT2D eigenvalue weighted by Crippen LogP contribution is -2.16. The number of nitrogens with zero attached hydrogens (tertiary/aromatic N) is 2. The van der Waals surface area contributed by atoms with Crippen LogP contribution in [0.25, 0.3) is 10.8 Å². The second kappa shape index (κ2) is 7.70. The minimum Gasteiger partial charge on any atom is -0.441 e. The Morgan fingerprint density at radius 1 is 0.964 bits per heavy atom. The minimum atomic E-state index is -0.879. The molecule has 0 bridgehead atoms. The number of ether oxygens (including phenoxy) is 1. The van der Waals surface area contributed by atoms with Crippen LogP contribution in [-0.2, 0) is 4.74 Å². The number of nitro benzene ring substituents is 2. The van der Waals surface area contributed by atoms with Crippen LogP contribution in [0.15, 0.2) is 60.7 Å². The summed E-state index contributed by atoms with van der Waals surface area (Å²) in [6.45, 7) is 1.69. The average Bonchev–Trinajstić information content (AvgIpc) is 2.66. The molecule has 0 aliphatic heterocycles. The standard InChI is InChI=1S/C19H15N3O6/c1-12(17-8-4-6-13-5-2-3-7-18(13)17)28-19(23)20-14-9-15(21(24)25)11-16(10-14)22(26)27/h2-12H,1H3,(H,20,23). The molecule has 0 radical (unpaired) electrons. The number of hydrogen-bond acceptors (Lipinski definition) is 6. The molecule has 0 spiro atoms. The summed E-state index contributed by atoms with van der Waals surface area (Å²) in [6, 6.07) is 16.1. The van der Waals surface area contributed by atoms with Crippen molar-refractivity contribution in [2.24, 2.45) is 0 Å². The van der Waals surface area contributed by atoms with E-state index < -0.39 is 33.4 Å². The molecule has 0 aliphatic carbocycles. The molecule has 1 atom stereocenters. The zero-order valence-electron chi connectivity index (χ0n) is 14.7. The molecule has 3 rings (SSSR count). The molecule has 28 heavy (non-hydrogen) atoms. The number of rotatable bonds is 5. The lowest BCUT2D eigenvalue weighted by atomic mass is 10.0. The lowest BCUT2D eigenvalue weighted by Gasteiger charge is -2.16. The molecule has 0 saturated heterocycles. The van der Waals surface area contributed by atoms with E-state index in [-0.39, 0.29) is 5.69 Å². The Labute approximate surface area is 158 Å². The number of carbonyl (C=O) groups excluding carboxylic acids is 1. The quantitative estimate of drug-likeness (QED) is 0.491. The molecule has 0 aromatic heterocycles. The first-order chi connectivity index (χ1) is 13.3. The molecule has 0 heterocycles. The van der Waals surface area contributed by atoms with Gasteiger partial charge < -0.3 is 4.74 Å². The summed E-state index contributed by atoms with van der Waals surface area (Å²) in [5.74, 6) is 0. The number of nitro groups is 2. The van der Waals surface area contributed by atoms with Gasteiger partial charge in [0.1, 0.15) is 6.10 Å². The lowest BCUT2D eigenvalue weighted by molar-refractivity contribution is -0.394. The summed E-state index contributed by atoms with van der Waals surface area (Å²) < 4.78 is 5.36. The van der Waals surface area contributed by atoms with Gasteiger partial charge in [-0.1, -0.05) is 42.5 Å². The van der Waals surface area contributed by atoms with Crippen LogP contribution >= 0.6 is 0 Å². The molecule has 9 nitrogen and oxygen atoms in total. The number of benzene rings is 3. The summed E-state index contributed by atoms with van der Waals surface area (Å²) in [6.07, 6.45) is -1.49. The number of hydrogen-bond donors (Lipinski definition) is 1. The predicted octanol–water partition coefficient (Wildman–Crippen LogP) is 4.97. The third-order valence-corrected chi connectivity index (χ3v) is 4.12. The molecule has 1 unspecified atom stereocenters. The van der Waals surface area contributed by atoms with Crippen LogP contribution in [0.4, 0.5) is 21.9 Å². The SMILES string of the molecule is CC(OC(=O)Nc1cc([N+](=O)[O-])cc([N+](=O)[O-])c1)c1cccc2ccccc12. The van der Waals surface area contributed by atoms with Gasteiger partial charge in [0, 0.05) is 17.7 Å². The van der Waals surface area contributed by atoms with Crippen molar-refractivity contribution in [3.05, 3.63) is 86.5 Å². The van der Waals surface area contributed by atoms with E-state index in [0.717, 1.165) is 34.5 Å². The smallest absolute Gasteiger partial charge is 0.412 e. The molecule has 3 aromatic carbocycles. The van der Waals surface area contributed by atoms with Crippen molar-refractivity contribution in [1.29, 1.82) is 0 Å². The van der Waals surface area contributed by atoms with E-state index in [0.29, 0.717) is 0 Å². The highest BCUT2D eigenvalue weighted by molar-refractivity contribution is 5.88. The van der Waals surface area contributed by atoms with Crippen molar-refractivity contribution in [3.63, 3.8) is 0 Å². The predicted molar refractivity (Wildman–Crippen MR) is 102 cm³/mol. The minimum absolute atomic E-state index is 0.101. The highest BCUT2D eigenvalue weighted by Gasteiger charge is 2.19. The first-order valence-corrected chi connectivity index (χ1v) is 8.24. The van der Waals surface area contributed by atoms with Crippen LogP contribution in [0, 0.1) is 20.2 Å². The van der Waals surface area contributed by atoms with Crippen molar-refractivity contribution >= 4 is 33.9 Å². The molecule has 1 amide bonds. The Hall–Kier alpha value is -4.01. The second-order valence-electron chi connectivity index (χ2n) is 5.99. The summed E-state index contributed by atoms with van der Waals surface area (Å²) >= 11 is 0. The van der Waals surface area contributed by atoms with Gasteiger partial charge in [0.05, 0.1) is 21.6 Å². The van der Waals surface area contributed by atoms with Gasteiger partial charge in [0.2, 0.25) is 0 Å². The maximum Gasteiger partial charge on any atom is 0.412 e. The maximum atomic E-state index is 12.2. The summed E-state index contributed by atoms with van der Waals surface area (Å²) in [5, 5.41) is 26.1. The number of anilines is 1. The zero-order chi connectivity index (χ0) is 20.3. The number of non-ortho nitro benzene ring substituents is 2. The van der Waals surface area contributed by atoms with E-state index >= 15 is 0 Å². The normalized spacial score (nSPS) is 11.6. The van der Waals surface area contributed by atoms with E-state index in [9.17, 15) is 25.0 Å². The van der Waals surface area contributed by atoms with E-state index in [2.05, 4.69) is 5.32 Å². The van der Waals surface area contributed by atoms with Crippen LogP contribution < -0.4 is 5.32 Å². The number of carbonyl (C=O) groups is 1. The van der Waals surface area contributed by atoms with Gasteiger partial charge in [0.25, 0.3) is 11.4 Å². The van der Waals surface area contributed by atoms with Gasteiger partial charge in [0.15, 0.2) is 0 Å². The molecule has 142 valence electrons. The van der Waals surface area contributed by atoms with Crippen LogP contribution in [0.2, 0.25) is 0 Å². The molecule has 0 aliphatic rings. The molecule has 3 aromatic rings. The fourth-order valence-electron chi connectivity index (χ4n) is 2.85. The van der Waals surface area contributed by atoms with Gasteiger partial charge in [-0.3, -0.25) is 25.5 Å². The number of amides is 1. The Bertz CT molecular complexity index is 1040. The van der Waals surface area contributed by atoms with Crippen LogP contribution in [0.5, 0.6) is 0 Å². The Morgan fingerprint density at radius 2 is 1.57 bits per heavy atom. The third kappa shape index (κ3) is 4.04. The second-order valence-corrected chi connectivity index (χ2v) is 5.99. The van der Waals surface area contributed by atoms with Crippen molar-refractivity contribution in [1.82, 2.24) is 0 Å². The Kier molecular flexibility index (Phi) is 5.16. The molecular formula is C19H15N3O6. The van der Waals surface area contributed by atoms with E-state index in [4.69, 9.17) is 4.74 Å².